The third-order valence-electron chi connectivity index (χ3n) is 4.65. The minimum Gasteiger partial charge on any atom is -0.508 e. The molecule has 124 valence electrons. The van der Waals surface area contributed by atoms with E-state index in [0.29, 0.717) is 11.7 Å². The van der Waals surface area contributed by atoms with Crippen LogP contribution >= 0.6 is 0 Å². The van der Waals surface area contributed by atoms with Crippen LogP contribution in [0.4, 0.5) is 0 Å². The SMILES string of the molecule is CC(C)[C@@H](N[C@H](C)c1ccccc1)c1c(O)ccc2ccccc12. The summed E-state index contributed by atoms with van der Waals surface area (Å²) in [6.45, 7) is 6.56. The molecule has 0 spiro atoms. The number of aromatic hydroxyl groups is 1. The number of benzene rings is 3. The van der Waals surface area contributed by atoms with Crippen LogP contribution in [-0.2, 0) is 0 Å². The maximum absolute atomic E-state index is 10.6. The summed E-state index contributed by atoms with van der Waals surface area (Å²) in [5, 5.41) is 16.6. The van der Waals surface area contributed by atoms with Crippen LogP contribution in [0, 0.1) is 5.92 Å². The van der Waals surface area contributed by atoms with Gasteiger partial charge in [-0.3, -0.25) is 0 Å². The van der Waals surface area contributed by atoms with Gasteiger partial charge in [0.15, 0.2) is 0 Å². The van der Waals surface area contributed by atoms with E-state index < -0.39 is 0 Å². The van der Waals surface area contributed by atoms with Gasteiger partial charge in [0, 0.05) is 17.6 Å². The second-order valence-corrected chi connectivity index (χ2v) is 6.74. The zero-order valence-electron chi connectivity index (χ0n) is 14.5. The lowest BCUT2D eigenvalue weighted by atomic mass is 9.89. The van der Waals surface area contributed by atoms with E-state index in [9.17, 15) is 5.11 Å². The van der Waals surface area contributed by atoms with E-state index in [-0.39, 0.29) is 12.1 Å². The summed E-state index contributed by atoms with van der Waals surface area (Å²) in [5.41, 5.74) is 2.24. The number of phenolic OH excluding ortho intramolecular Hbond substituents is 1. The molecule has 0 aliphatic rings. The lowest BCUT2D eigenvalue weighted by Gasteiger charge is -2.29. The summed E-state index contributed by atoms with van der Waals surface area (Å²) in [4.78, 5) is 0. The number of phenols is 1. The van der Waals surface area contributed by atoms with Gasteiger partial charge in [-0.2, -0.15) is 0 Å². The van der Waals surface area contributed by atoms with Crippen molar-refractivity contribution in [3.05, 3.63) is 77.9 Å². The van der Waals surface area contributed by atoms with Gasteiger partial charge in [0.2, 0.25) is 0 Å². The first-order valence-corrected chi connectivity index (χ1v) is 8.59. The fraction of sp³-hybridized carbons (Fsp3) is 0.273. The van der Waals surface area contributed by atoms with Crippen LogP contribution in [0.25, 0.3) is 10.8 Å². The van der Waals surface area contributed by atoms with Crippen LogP contribution in [0.5, 0.6) is 5.75 Å². The predicted molar refractivity (Wildman–Crippen MR) is 101 cm³/mol. The quantitative estimate of drug-likeness (QED) is 0.642. The van der Waals surface area contributed by atoms with Crippen molar-refractivity contribution in [2.45, 2.75) is 32.9 Å². The first kappa shape index (κ1) is 16.5. The Kier molecular flexibility index (Phi) is 4.86. The third kappa shape index (κ3) is 3.29. The largest absolute Gasteiger partial charge is 0.508 e. The Morgan fingerprint density at radius 3 is 2.17 bits per heavy atom. The smallest absolute Gasteiger partial charge is 0.121 e. The molecule has 3 rings (SSSR count). The van der Waals surface area contributed by atoms with Gasteiger partial charge in [-0.1, -0.05) is 74.5 Å². The van der Waals surface area contributed by atoms with Crippen LogP contribution in [-0.4, -0.2) is 5.11 Å². The van der Waals surface area contributed by atoms with Crippen molar-refractivity contribution >= 4 is 10.8 Å². The molecule has 0 fully saturated rings. The monoisotopic (exact) mass is 319 g/mol. The standard InChI is InChI=1S/C22H25NO/c1-15(2)22(23-16(3)17-9-5-4-6-10-17)21-19-12-8-7-11-18(19)13-14-20(21)24/h4-16,22-24H,1-3H3/t16-,22-/m1/s1. The molecule has 0 saturated heterocycles. The van der Waals surface area contributed by atoms with Gasteiger partial charge >= 0.3 is 0 Å². The first-order chi connectivity index (χ1) is 11.6. The van der Waals surface area contributed by atoms with E-state index in [1.807, 2.05) is 30.3 Å². The van der Waals surface area contributed by atoms with E-state index in [0.717, 1.165) is 16.3 Å². The molecule has 2 heteroatoms. The van der Waals surface area contributed by atoms with Crippen molar-refractivity contribution in [2.24, 2.45) is 5.92 Å². The molecule has 0 bridgehead atoms. The van der Waals surface area contributed by atoms with Crippen molar-refractivity contribution in [1.82, 2.24) is 5.32 Å². The minimum absolute atomic E-state index is 0.0753. The molecule has 2 N–H and O–H groups in total. The Bertz CT molecular complexity index is 811. The molecule has 2 atom stereocenters. The highest BCUT2D eigenvalue weighted by Gasteiger charge is 2.23. The first-order valence-electron chi connectivity index (χ1n) is 8.59. The lowest BCUT2D eigenvalue weighted by Crippen LogP contribution is -2.28. The van der Waals surface area contributed by atoms with Gasteiger partial charge in [0.05, 0.1) is 0 Å². The number of hydrogen-bond donors (Lipinski definition) is 2. The fourth-order valence-corrected chi connectivity index (χ4v) is 3.33. The Labute approximate surface area is 144 Å². The van der Waals surface area contributed by atoms with Gasteiger partial charge in [0.25, 0.3) is 0 Å². The second kappa shape index (κ2) is 7.06. The maximum Gasteiger partial charge on any atom is 0.121 e. The van der Waals surface area contributed by atoms with E-state index in [1.165, 1.54) is 5.56 Å². The minimum atomic E-state index is 0.0753. The molecule has 0 amide bonds. The Balaban J connectivity index is 2.02. The van der Waals surface area contributed by atoms with E-state index in [1.54, 1.807) is 0 Å². The van der Waals surface area contributed by atoms with E-state index in [4.69, 9.17) is 0 Å². The van der Waals surface area contributed by atoms with Crippen LogP contribution in [0.2, 0.25) is 0 Å². The summed E-state index contributed by atoms with van der Waals surface area (Å²) in [7, 11) is 0. The Morgan fingerprint density at radius 1 is 0.792 bits per heavy atom. The molecule has 0 aliphatic heterocycles. The fourth-order valence-electron chi connectivity index (χ4n) is 3.33. The molecule has 0 radical (unpaired) electrons. The molecule has 0 aromatic heterocycles. The topological polar surface area (TPSA) is 32.3 Å². The maximum atomic E-state index is 10.6. The average Bonchev–Trinajstić information content (AvgIpc) is 2.60. The van der Waals surface area contributed by atoms with Crippen LogP contribution < -0.4 is 5.32 Å². The Morgan fingerprint density at radius 2 is 1.46 bits per heavy atom. The molecule has 0 aliphatic carbocycles. The van der Waals surface area contributed by atoms with E-state index >= 15 is 0 Å². The van der Waals surface area contributed by atoms with Gasteiger partial charge in [-0.05, 0) is 35.2 Å². The lowest BCUT2D eigenvalue weighted by molar-refractivity contribution is 0.361. The molecule has 0 unspecified atom stereocenters. The van der Waals surface area contributed by atoms with Crippen molar-refractivity contribution in [3.8, 4) is 5.75 Å². The molecule has 3 aromatic rings. The van der Waals surface area contributed by atoms with E-state index in [2.05, 4.69) is 62.5 Å². The summed E-state index contributed by atoms with van der Waals surface area (Å²) in [5.74, 6) is 0.716. The van der Waals surface area contributed by atoms with Crippen molar-refractivity contribution in [1.29, 1.82) is 0 Å². The highest BCUT2D eigenvalue weighted by Crippen LogP contribution is 2.37. The van der Waals surface area contributed by atoms with Gasteiger partial charge < -0.3 is 10.4 Å². The molecule has 2 nitrogen and oxygen atoms in total. The molecule has 0 heterocycles. The molecular weight excluding hydrogens is 294 g/mol. The summed E-state index contributed by atoms with van der Waals surface area (Å²) < 4.78 is 0. The van der Waals surface area contributed by atoms with Crippen LogP contribution in [0.3, 0.4) is 0 Å². The number of hydrogen-bond acceptors (Lipinski definition) is 2. The van der Waals surface area contributed by atoms with Crippen molar-refractivity contribution in [3.63, 3.8) is 0 Å². The highest BCUT2D eigenvalue weighted by atomic mass is 16.3. The predicted octanol–water partition coefficient (Wildman–Crippen LogP) is 5.59. The molecular formula is C22H25NO. The van der Waals surface area contributed by atoms with Crippen molar-refractivity contribution < 1.29 is 5.11 Å². The second-order valence-electron chi connectivity index (χ2n) is 6.74. The zero-order valence-corrected chi connectivity index (χ0v) is 14.5. The number of nitrogens with one attached hydrogen (secondary N) is 1. The van der Waals surface area contributed by atoms with Gasteiger partial charge in [0.1, 0.15) is 5.75 Å². The van der Waals surface area contributed by atoms with Crippen LogP contribution in [0.1, 0.15) is 44.0 Å². The van der Waals surface area contributed by atoms with Crippen LogP contribution in [0.15, 0.2) is 66.7 Å². The van der Waals surface area contributed by atoms with Gasteiger partial charge in [-0.15, -0.1) is 0 Å². The number of rotatable bonds is 5. The summed E-state index contributed by atoms with van der Waals surface area (Å²) in [6.07, 6.45) is 0. The number of fused-ring (bicyclic) bond motifs is 1. The molecule has 3 aromatic carbocycles. The highest BCUT2D eigenvalue weighted by molar-refractivity contribution is 5.88. The van der Waals surface area contributed by atoms with Crippen molar-refractivity contribution in [2.75, 3.05) is 0 Å². The third-order valence-corrected chi connectivity index (χ3v) is 4.65. The summed E-state index contributed by atoms with van der Waals surface area (Å²) in [6, 6.07) is 22.8. The van der Waals surface area contributed by atoms with Gasteiger partial charge in [-0.25, -0.2) is 0 Å². The molecule has 24 heavy (non-hydrogen) atoms. The average molecular weight is 319 g/mol. The zero-order chi connectivity index (χ0) is 17.1. The summed E-state index contributed by atoms with van der Waals surface area (Å²) >= 11 is 0. The Hall–Kier alpha value is -2.32. The molecule has 0 saturated carbocycles. The normalized spacial score (nSPS) is 14.0.